The van der Waals surface area contributed by atoms with Gasteiger partial charge in [-0.3, -0.25) is 4.79 Å². The van der Waals surface area contributed by atoms with Crippen LogP contribution in [-0.4, -0.2) is 5.91 Å². The van der Waals surface area contributed by atoms with Gasteiger partial charge in [0.25, 0.3) is 5.91 Å². The van der Waals surface area contributed by atoms with Crippen LogP contribution >= 0.6 is 15.9 Å². The first-order valence-electron chi connectivity index (χ1n) is 5.50. The van der Waals surface area contributed by atoms with Crippen LogP contribution in [0.25, 0.3) is 0 Å². The lowest BCUT2D eigenvalue weighted by Crippen LogP contribution is -2.14. The lowest BCUT2D eigenvalue weighted by atomic mass is 10.1. The van der Waals surface area contributed by atoms with Crippen molar-refractivity contribution in [3.63, 3.8) is 0 Å². The quantitative estimate of drug-likeness (QED) is 0.876. The van der Waals surface area contributed by atoms with Crippen LogP contribution in [0.1, 0.15) is 15.9 Å². The largest absolute Gasteiger partial charge is 0.322 e. The zero-order valence-electron chi connectivity index (χ0n) is 10.0. The molecule has 2 aromatic carbocycles. The van der Waals surface area contributed by atoms with Crippen molar-refractivity contribution in [2.75, 3.05) is 5.32 Å². The van der Waals surface area contributed by atoms with Gasteiger partial charge in [0.1, 0.15) is 11.6 Å². The molecule has 2 aromatic rings. The summed E-state index contributed by atoms with van der Waals surface area (Å²) < 4.78 is 27.1. The minimum absolute atomic E-state index is 0.193. The summed E-state index contributed by atoms with van der Waals surface area (Å²) in [6.07, 6.45) is 0. The lowest BCUT2D eigenvalue weighted by Gasteiger charge is -2.08. The number of anilines is 1. The third-order valence-electron chi connectivity index (χ3n) is 2.59. The second kappa shape index (κ2) is 5.48. The molecule has 0 spiro atoms. The molecule has 0 aliphatic carbocycles. The third-order valence-corrected chi connectivity index (χ3v) is 3.48. The van der Waals surface area contributed by atoms with Crippen molar-refractivity contribution in [2.24, 2.45) is 0 Å². The van der Waals surface area contributed by atoms with Gasteiger partial charge in [0.2, 0.25) is 0 Å². The fraction of sp³-hybridized carbons (Fsp3) is 0.0714. The van der Waals surface area contributed by atoms with Crippen LogP contribution in [0, 0.1) is 18.6 Å². The fourth-order valence-electron chi connectivity index (χ4n) is 1.59. The maximum absolute atomic E-state index is 13.4. The van der Waals surface area contributed by atoms with E-state index in [0.29, 0.717) is 11.8 Å². The van der Waals surface area contributed by atoms with Crippen LogP contribution in [0.4, 0.5) is 14.5 Å². The highest BCUT2D eigenvalue weighted by Crippen LogP contribution is 2.21. The zero-order chi connectivity index (χ0) is 14.0. The molecule has 5 heteroatoms. The number of nitrogens with one attached hydrogen (secondary N) is 1. The summed E-state index contributed by atoms with van der Waals surface area (Å²) in [5.74, 6) is -2.21. The van der Waals surface area contributed by atoms with Crippen molar-refractivity contribution in [3.05, 3.63) is 63.6 Å². The van der Waals surface area contributed by atoms with E-state index in [2.05, 4.69) is 21.2 Å². The predicted molar refractivity (Wildman–Crippen MR) is 73.2 cm³/mol. The highest BCUT2D eigenvalue weighted by Gasteiger charge is 2.12. The molecule has 1 amide bonds. The monoisotopic (exact) mass is 325 g/mol. The van der Waals surface area contributed by atoms with E-state index in [4.69, 9.17) is 0 Å². The van der Waals surface area contributed by atoms with Gasteiger partial charge in [0.05, 0.1) is 5.56 Å². The van der Waals surface area contributed by atoms with Gasteiger partial charge < -0.3 is 5.32 Å². The van der Waals surface area contributed by atoms with E-state index in [1.807, 2.05) is 6.92 Å². The minimum atomic E-state index is -0.883. The molecule has 19 heavy (non-hydrogen) atoms. The highest BCUT2D eigenvalue weighted by molar-refractivity contribution is 9.10. The molecule has 0 saturated carbocycles. The van der Waals surface area contributed by atoms with Gasteiger partial charge in [-0.1, -0.05) is 15.9 Å². The normalized spacial score (nSPS) is 10.3. The summed E-state index contributed by atoms with van der Waals surface area (Å²) in [6, 6.07) is 8.07. The molecule has 0 bridgehead atoms. The van der Waals surface area contributed by atoms with E-state index in [1.165, 1.54) is 0 Å². The van der Waals surface area contributed by atoms with Gasteiger partial charge >= 0.3 is 0 Å². The SMILES string of the molecule is Cc1cc(NC(=O)c2ccc(F)cc2F)ccc1Br. The smallest absolute Gasteiger partial charge is 0.258 e. The Labute approximate surface area is 117 Å². The number of hydrogen-bond acceptors (Lipinski definition) is 1. The maximum Gasteiger partial charge on any atom is 0.258 e. The molecule has 1 N–H and O–H groups in total. The number of aryl methyl sites for hydroxylation is 1. The van der Waals surface area contributed by atoms with Gasteiger partial charge in [0, 0.05) is 16.2 Å². The molecule has 2 nitrogen and oxygen atoms in total. The van der Waals surface area contributed by atoms with Crippen LogP contribution in [-0.2, 0) is 0 Å². The molecule has 0 atom stereocenters. The Balaban J connectivity index is 2.23. The first-order chi connectivity index (χ1) is 8.97. The van der Waals surface area contributed by atoms with Gasteiger partial charge in [0.15, 0.2) is 0 Å². The molecule has 0 aromatic heterocycles. The molecule has 2 rings (SSSR count). The number of carbonyl (C=O) groups excluding carboxylic acids is 1. The summed E-state index contributed by atoms with van der Waals surface area (Å²) in [7, 11) is 0. The van der Waals surface area contributed by atoms with E-state index in [9.17, 15) is 13.6 Å². The van der Waals surface area contributed by atoms with E-state index in [1.54, 1.807) is 18.2 Å². The summed E-state index contributed by atoms with van der Waals surface area (Å²) in [6.45, 7) is 1.87. The molecular formula is C14H10BrF2NO. The molecule has 98 valence electrons. The van der Waals surface area contributed by atoms with Crippen LogP contribution in [0.3, 0.4) is 0 Å². The van der Waals surface area contributed by atoms with E-state index in [-0.39, 0.29) is 5.56 Å². The first kappa shape index (κ1) is 13.7. The van der Waals surface area contributed by atoms with Gasteiger partial charge in [-0.2, -0.15) is 0 Å². The Hall–Kier alpha value is -1.75. The van der Waals surface area contributed by atoms with Crippen molar-refractivity contribution in [1.82, 2.24) is 0 Å². The Kier molecular flexibility index (Phi) is 3.95. The zero-order valence-corrected chi connectivity index (χ0v) is 11.6. The van der Waals surface area contributed by atoms with E-state index in [0.717, 1.165) is 22.2 Å². The standard InChI is InChI=1S/C14H10BrF2NO/c1-8-6-10(3-5-12(8)15)18-14(19)11-4-2-9(16)7-13(11)17/h2-7H,1H3,(H,18,19). The predicted octanol–water partition coefficient (Wildman–Crippen LogP) is 4.29. The van der Waals surface area contributed by atoms with Crippen molar-refractivity contribution < 1.29 is 13.6 Å². The van der Waals surface area contributed by atoms with Gasteiger partial charge in [-0.05, 0) is 42.8 Å². The van der Waals surface area contributed by atoms with Crippen molar-refractivity contribution in [3.8, 4) is 0 Å². The minimum Gasteiger partial charge on any atom is -0.322 e. The first-order valence-corrected chi connectivity index (χ1v) is 6.29. The van der Waals surface area contributed by atoms with E-state index >= 15 is 0 Å². The summed E-state index contributed by atoms with van der Waals surface area (Å²) in [5.41, 5.74) is 1.30. The average molecular weight is 326 g/mol. The number of hydrogen-bond donors (Lipinski definition) is 1. The lowest BCUT2D eigenvalue weighted by molar-refractivity contribution is 0.102. The Bertz CT molecular complexity index is 643. The fourth-order valence-corrected chi connectivity index (χ4v) is 1.84. The topological polar surface area (TPSA) is 29.1 Å². The number of rotatable bonds is 2. The number of halogens is 3. The molecule has 0 fully saturated rings. The third kappa shape index (κ3) is 3.17. The Morgan fingerprint density at radius 2 is 1.89 bits per heavy atom. The van der Waals surface area contributed by atoms with Crippen molar-refractivity contribution in [2.45, 2.75) is 6.92 Å². The Morgan fingerprint density at radius 1 is 1.16 bits per heavy atom. The van der Waals surface area contributed by atoms with Gasteiger partial charge in [-0.15, -0.1) is 0 Å². The highest BCUT2D eigenvalue weighted by atomic mass is 79.9. The molecule has 0 aliphatic rings. The Morgan fingerprint density at radius 3 is 2.53 bits per heavy atom. The van der Waals surface area contributed by atoms with Gasteiger partial charge in [-0.25, -0.2) is 8.78 Å². The van der Waals surface area contributed by atoms with Crippen LogP contribution in [0.5, 0.6) is 0 Å². The molecule has 0 unspecified atom stereocenters. The number of carbonyl (C=O) groups is 1. The maximum atomic E-state index is 13.4. The molecule has 0 aliphatic heterocycles. The second-order valence-corrected chi connectivity index (χ2v) is 4.90. The molecule has 0 saturated heterocycles. The summed E-state index contributed by atoms with van der Waals surface area (Å²) in [5, 5.41) is 2.56. The van der Waals surface area contributed by atoms with Crippen LogP contribution < -0.4 is 5.32 Å². The van der Waals surface area contributed by atoms with Crippen molar-refractivity contribution in [1.29, 1.82) is 0 Å². The van der Waals surface area contributed by atoms with Crippen LogP contribution in [0.15, 0.2) is 40.9 Å². The van der Waals surface area contributed by atoms with Crippen molar-refractivity contribution >= 4 is 27.5 Å². The molecule has 0 heterocycles. The van der Waals surface area contributed by atoms with E-state index < -0.39 is 17.5 Å². The molecule has 0 radical (unpaired) electrons. The second-order valence-electron chi connectivity index (χ2n) is 4.04. The number of amides is 1. The number of benzene rings is 2. The van der Waals surface area contributed by atoms with Crippen LogP contribution in [0.2, 0.25) is 0 Å². The summed E-state index contributed by atoms with van der Waals surface area (Å²) >= 11 is 3.35. The average Bonchev–Trinajstić information content (AvgIpc) is 2.33. The molecular weight excluding hydrogens is 316 g/mol. The summed E-state index contributed by atoms with van der Waals surface area (Å²) in [4.78, 5) is 11.9.